The molecule has 0 aliphatic rings. The zero-order valence-electron chi connectivity index (χ0n) is 9.17. The minimum Gasteiger partial charge on any atom is -0.325 e. The van der Waals surface area contributed by atoms with Gasteiger partial charge >= 0.3 is 0 Å². The van der Waals surface area contributed by atoms with Crippen molar-refractivity contribution in [2.75, 3.05) is 5.32 Å². The van der Waals surface area contributed by atoms with Gasteiger partial charge in [-0.2, -0.15) is 5.10 Å². The summed E-state index contributed by atoms with van der Waals surface area (Å²) in [6, 6.07) is 7.38. The zero-order valence-corrected chi connectivity index (χ0v) is 10.8. The Morgan fingerprint density at radius 1 is 1.41 bits per heavy atom. The molecule has 5 nitrogen and oxygen atoms in total. The molecule has 0 radical (unpaired) electrons. The van der Waals surface area contributed by atoms with Crippen molar-refractivity contribution in [3.05, 3.63) is 36.9 Å². The Morgan fingerprint density at radius 2 is 2.12 bits per heavy atom. The summed E-state index contributed by atoms with van der Waals surface area (Å²) in [5, 5.41) is 6.80. The Morgan fingerprint density at radius 3 is 2.65 bits per heavy atom. The summed E-state index contributed by atoms with van der Waals surface area (Å²) in [7, 11) is 0. The van der Waals surface area contributed by atoms with Crippen molar-refractivity contribution in [2.45, 2.75) is 11.8 Å². The molecule has 1 aromatic heterocycles. The molecule has 1 heterocycles. The SMILES string of the molecule is CC(Br)C(=O)Nc1ccc(-n2cncn2)cc1. The van der Waals surface area contributed by atoms with E-state index in [1.165, 1.54) is 6.33 Å². The van der Waals surface area contributed by atoms with Gasteiger partial charge in [-0.25, -0.2) is 9.67 Å². The second kappa shape index (κ2) is 5.09. The molecule has 0 fully saturated rings. The molecular weight excluding hydrogens is 284 g/mol. The third-order valence-corrected chi connectivity index (χ3v) is 2.60. The zero-order chi connectivity index (χ0) is 12.3. The van der Waals surface area contributed by atoms with E-state index in [0.717, 1.165) is 11.4 Å². The third kappa shape index (κ3) is 2.91. The molecular formula is C11H11BrN4O. The molecule has 0 bridgehead atoms. The number of carbonyl (C=O) groups excluding carboxylic acids is 1. The highest BCUT2D eigenvalue weighted by Gasteiger charge is 2.08. The fraction of sp³-hybridized carbons (Fsp3) is 0.182. The number of hydrogen-bond donors (Lipinski definition) is 1. The van der Waals surface area contributed by atoms with Crippen LogP contribution >= 0.6 is 15.9 Å². The predicted octanol–water partition coefficient (Wildman–Crippen LogP) is 1.99. The summed E-state index contributed by atoms with van der Waals surface area (Å²) < 4.78 is 1.65. The van der Waals surface area contributed by atoms with Crippen LogP contribution in [0.4, 0.5) is 5.69 Å². The Hall–Kier alpha value is -1.69. The van der Waals surface area contributed by atoms with Crippen LogP contribution in [0, 0.1) is 0 Å². The van der Waals surface area contributed by atoms with E-state index in [1.807, 2.05) is 24.3 Å². The number of hydrogen-bond acceptors (Lipinski definition) is 3. The number of anilines is 1. The molecule has 0 spiro atoms. The van der Waals surface area contributed by atoms with Gasteiger partial charge in [0.05, 0.1) is 10.5 Å². The van der Waals surface area contributed by atoms with Crippen molar-refractivity contribution in [1.29, 1.82) is 0 Å². The number of amides is 1. The van der Waals surface area contributed by atoms with Gasteiger partial charge in [-0.05, 0) is 31.2 Å². The van der Waals surface area contributed by atoms with Gasteiger partial charge in [0.1, 0.15) is 12.7 Å². The van der Waals surface area contributed by atoms with Gasteiger partial charge in [0.2, 0.25) is 5.91 Å². The van der Waals surface area contributed by atoms with Gasteiger partial charge in [0.25, 0.3) is 0 Å². The Bertz CT molecular complexity index is 493. The minimum absolute atomic E-state index is 0.0708. The summed E-state index contributed by atoms with van der Waals surface area (Å²) in [6.07, 6.45) is 3.09. The van der Waals surface area contributed by atoms with Crippen LogP contribution in [0.15, 0.2) is 36.9 Å². The fourth-order valence-electron chi connectivity index (χ4n) is 1.28. The second-order valence-electron chi connectivity index (χ2n) is 3.49. The monoisotopic (exact) mass is 294 g/mol. The van der Waals surface area contributed by atoms with E-state index in [-0.39, 0.29) is 10.7 Å². The minimum atomic E-state index is -0.211. The molecule has 2 rings (SSSR count). The Labute approximate surface area is 107 Å². The van der Waals surface area contributed by atoms with Crippen molar-refractivity contribution in [3.63, 3.8) is 0 Å². The molecule has 1 amide bonds. The topological polar surface area (TPSA) is 59.8 Å². The second-order valence-corrected chi connectivity index (χ2v) is 4.87. The lowest BCUT2D eigenvalue weighted by Crippen LogP contribution is -2.19. The smallest absolute Gasteiger partial charge is 0.237 e. The first-order chi connectivity index (χ1) is 8.16. The highest BCUT2D eigenvalue weighted by molar-refractivity contribution is 9.10. The number of nitrogens with zero attached hydrogens (tertiary/aromatic N) is 3. The van der Waals surface area contributed by atoms with E-state index >= 15 is 0 Å². The molecule has 0 saturated heterocycles. The molecule has 0 aliphatic heterocycles. The van der Waals surface area contributed by atoms with Crippen LogP contribution in [0.1, 0.15) is 6.92 Å². The maximum atomic E-state index is 11.4. The number of nitrogens with one attached hydrogen (secondary N) is 1. The maximum absolute atomic E-state index is 11.4. The van der Waals surface area contributed by atoms with Gasteiger partial charge < -0.3 is 5.32 Å². The van der Waals surface area contributed by atoms with E-state index in [9.17, 15) is 4.79 Å². The normalized spacial score (nSPS) is 12.1. The highest BCUT2D eigenvalue weighted by Crippen LogP contribution is 2.13. The number of carbonyl (C=O) groups is 1. The molecule has 0 aliphatic carbocycles. The van der Waals surface area contributed by atoms with Gasteiger partial charge in [-0.3, -0.25) is 4.79 Å². The number of alkyl halides is 1. The van der Waals surface area contributed by atoms with Crippen LogP contribution < -0.4 is 5.32 Å². The Balaban J connectivity index is 2.11. The summed E-state index contributed by atoms with van der Waals surface area (Å²) in [4.78, 5) is 15.1. The lowest BCUT2D eigenvalue weighted by molar-refractivity contribution is -0.115. The largest absolute Gasteiger partial charge is 0.325 e. The first-order valence-electron chi connectivity index (χ1n) is 5.07. The van der Waals surface area contributed by atoms with Crippen LogP contribution in [0.3, 0.4) is 0 Å². The van der Waals surface area contributed by atoms with E-state index in [0.29, 0.717) is 0 Å². The molecule has 2 aromatic rings. The van der Waals surface area contributed by atoms with Crippen LogP contribution in [-0.4, -0.2) is 25.5 Å². The molecule has 1 unspecified atom stereocenters. The molecule has 6 heteroatoms. The van der Waals surface area contributed by atoms with Crippen molar-refractivity contribution >= 4 is 27.5 Å². The Kier molecular flexibility index (Phi) is 3.53. The summed E-state index contributed by atoms with van der Waals surface area (Å²) in [6.45, 7) is 1.78. The third-order valence-electron chi connectivity index (χ3n) is 2.18. The maximum Gasteiger partial charge on any atom is 0.237 e. The predicted molar refractivity (Wildman–Crippen MR) is 68.4 cm³/mol. The lowest BCUT2D eigenvalue weighted by Gasteiger charge is -2.07. The molecule has 0 saturated carbocycles. The number of benzene rings is 1. The average Bonchev–Trinajstić information content (AvgIpc) is 2.83. The number of aromatic nitrogens is 3. The summed E-state index contributed by atoms with van der Waals surface area (Å²) >= 11 is 3.21. The standard InChI is InChI=1S/C11H11BrN4O/c1-8(12)11(17)15-9-2-4-10(5-3-9)16-7-13-6-14-16/h2-8H,1H3,(H,15,17). The van der Waals surface area contributed by atoms with E-state index in [2.05, 4.69) is 31.3 Å². The lowest BCUT2D eigenvalue weighted by atomic mass is 10.2. The van der Waals surface area contributed by atoms with Crippen molar-refractivity contribution < 1.29 is 4.79 Å². The van der Waals surface area contributed by atoms with Gasteiger partial charge in [0.15, 0.2) is 0 Å². The van der Waals surface area contributed by atoms with Gasteiger partial charge in [-0.1, -0.05) is 15.9 Å². The molecule has 1 N–H and O–H groups in total. The van der Waals surface area contributed by atoms with E-state index in [1.54, 1.807) is 17.9 Å². The van der Waals surface area contributed by atoms with Crippen LogP contribution in [0.2, 0.25) is 0 Å². The van der Waals surface area contributed by atoms with Gasteiger partial charge in [0, 0.05) is 5.69 Å². The quantitative estimate of drug-likeness (QED) is 0.881. The fourth-order valence-corrected chi connectivity index (χ4v) is 1.40. The van der Waals surface area contributed by atoms with Crippen LogP contribution in [0.5, 0.6) is 0 Å². The van der Waals surface area contributed by atoms with Crippen molar-refractivity contribution in [1.82, 2.24) is 14.8 Å². The van der Waals surface area contributed by atoms with E-state index in [4.69, 9.17) is 0 Å². The molecule has 88 valence electrons. The number of rotatable bonds is 3. The summed E-state index contributed by atoms with van der Waals surface area (Å²) in [5.41, 5.74) is 1.65. The summed E-state index contributed by atoms with van der Waals surface area (Å²) in [5.74, 6) is -0.0708. The molecule has 17 heavy (non-hydrogen) atoms. The number of halogens is 1. The average molecular weight is 295 g/mol. The highest BCUT2D eigenvalue weighted by atomic mass is 79.9. The van der Waals surface area contributed by atoms with Crippen LogP contribution in [-0.2, 0) is 4.79 Å². The first kappa shape index (κ1) is 11.8. The van der Waals surface area contributed by atoms with E-state index < -0.39 is 0 Å². The van der Waals surface area contributed by atoms with Gasteiger partial charge in [-0.15, -0.1) is 0 Å². The van der Waals surface area contributed by atoms with Crippen molar-refractivity contribution in [3.8, 4) is 5.69 Å². The molecule has 1 aromatic carbocycles. The van der Waals surface area contributed by atoms with Crippen molar-refractivity contribution in [2.24, 2.45) is 0 Å². The first-order valence-corrected chi connectivity index (χ1v) is 5.98. The van der Waals surface area contributed by atoms with Crippen LogP contribution in [0.25, 0.3) is 5.69 Å². The molecule has 1 atom stereocenters.